The number of carboxylic acids is 1. The third-order valence-corrected chi connectivity index (χ3v) is 5.48. The number of aromatic carboxylic acids is 1. The summed E-state index contributed by atoms with van der Waals surface area (Å²) < 4.78 is 3.64. The molecule has 2 aromatic carbocycles. The molecule has 5 heteroatoms. The molecule has 1 N–H and O–H groups in total. The molecule has 0 saturated heterocycles. The molecule has 0 aliphatic rings. The van der Waals surface area contributed by atoms with Crippen LogP contribution in [0.5, 0.6) is 0 Å². The van der Waals surface area contributed by atoms with Crippen molar-refractivity contribution in [3.05, 3.63) is 94.2 Å². The van der Waals surface area contributed by atoms with Crippen LogP contribution in [0.3, 0.4) is 0 Å². The molecule has 0 aliphatic heterocycles. The zero-order valence-corrected chi connectivity index (χ0v) is 17.7. The molecule has 3 aromatic rings. The molecule has 1 aromatic heterocycles. The van der Waals surface area contributed by atoms with Crippen LogP contribution in [0.2, 0.25) is 0 Å². The fraction of sp³-hybridized carbons (Fsp3) is 0.280. The molecular weight excluding hydrogens is 376 g/mol. The van der Waals surface area contributed by atoms with Gasteiger partial charge < -0.3 is 5.11 Å². The van der Waals surface area contributed by atoms with E-state index in [-0.39, 0.29) is 17.3 Å². The standard InChI is InChI=1S/C25H28N2O3/c1-4-6-9-21-17-26(18(3)5-2)25(30)27(21)16-19-12-14-20(15-13-19)22-10-7-8-11-23(22)24(28)29/h4,6-8,10-15,17-18H,5,9,16H2,1-3H3,(H,28,29)/b6-4+. The summed E-state index contributed by atoms with van der Waals surface area (Å²) in [6.07, 6.45) is 7.61. The van der Waals surface area contributed by atoms with E-state index in [2.05, 4.69) is 19.9 Å². The van der Waals surface area contributed by atoms with Gasteiger partial charge in [0.25, 0.3) is 0 Å². The molecule has 5 nitrogen and oxygen atoms in total. The van der Waals surface area contributed by atoms with Crippen molar-refractivity contribution >= 4 is 5.97 Å². The van der Waals surface area contributed by atoms with Gasteiger partial charge in [0.2, 0.25) is 0 Å². The zero-order valence-electron chi connectivity index (χ0n) is 17.7. The second kappa shape index (κ2) is 9.44. The summed E-state index contributed by atoms with van der Waals surface area (Å²) in [5, 5.41) is 9.43. The highest BCUT2D eigenvalue weighted by atomic mass is 16.4. The first kappa shape index (κ1) is 21.4. The van der Waals surface area contributed by atoms with Gasteiger partial charge in [-0.15, -0.1) is 0 Å². The lowest BCUT2D eigenvalue weighted by Crippen LogP contribution is -2.27. The molecule has 3 rings (SSSR count). The molecule has 156 valence electrons. The molecule has 0 bridgehead atoms. The van der Waals surface area contributed by atoms with Gasteiger partial charge in [0.15, 0.2) is 0 Å². The van der Waals surface area contributed by atoms with E-state index in [1.807, 2.05) is 64.7 Å². The van der Waals surface area contributed by atoms with Gasteiger partial charge in [0.05, 0.1) is 12.1 Å². The third kappa shape index (κ3) is 4.46. The lowest BCUT2D eigenvalue weighted by atomic mass is 9.99. The molecule has 1 unspecified atom stereocenters. The van der Waals surface area contributed by atoms with Gasteiger partial charge in [-0.2, -0.15) is 0 Å². The number of hydrogen-bond acceptors (Lipinski definition) is 2. The third-order valence-electron chi connectivity index (χ3n) is 5.48. The fourth-order valence-electron chi connectivity index (χ4n) is 3.52. The van der Waals surface area contributed by atoms with Gasteiger partial charge >= 0.3 is 11.7 Å². The van der Waals surface area contributed by atoms with Crippen LogP contribution in [0.4, 0.5) is 0 Å². The van der Waals surface area contributed by atoms with Gasteiger partial charge in [-0.3, -0.25) is 9.13 Å². The molecule has 0 spiro atoms. The molecule has 0 aliphatic carbocycles. The predicted molar refractivity (Wildman–Crippen MR) is 120 cm³/mol. The van der Waals surface area contributed by atoms with Crippen molar-refractivity contribution in [2.75, 3.05) is 0 Å². The summed E-state index contributed by atoms with van der Waals surface area (Å²) in [5.41, 5.74) is 3.79. The number of carboxylic acid groups (broad SMARTS) is 1. The highest BCUT2D eigenvalue weighted by molar-refractivity contribution is 5.95. The van der Waals surface area contributed by atoms with Crippen molar-refractivity contribution in [2.45, 2.75) is 46.2 Å². The van der Waals surface area contributed by atoms with Gasteiger partial charge in [0.1, 0.15) is 0 Å². The second-order valence-electron chi connectivity index (χ2n) is 7.47. The largest absolute Gasteiger partial charge is 0.478 e. The molecule has 1 heterocycles. The van der Waals surface area contributed by atoms with E-state index >= 15 is 0 Å². The predicted octanol–water partition coefficient (Wildman–Crippen LogP) is 5.15. The topological polar surface area (TPSA) is 64.2 Å². The van der Waals surface area contributed by atoms with Crippen LogP contribution >= 0.6 is 0 Å². The van der Waals surface area contributed by atoms with E-state index in [1.54, 1.807) is 12.1 Å². The summed E-state index contributed by atoms with van der Waals surface area (Å²) >= 11 is 0. The Hall–Kier alpha value is -3.34. The quantitative estimate of drug-likeness (QED) is 0.528. The number of imidazole rings is 1. The maximum atomic E-state index is 13.0. The van der Waals surface area contributed by atoms with Crippen molar-refractivity contribution in [3.63, 3.8) is 0 Å². The molecule has 30 heavy (non-hydrogen) atoms. The number of benzene rings is 2. The van der Waals surface area contributed by atoms with Crippen LogP contribution in [0.1, 0.15) is 54.8 Å². The van der Waals surface area contributed by atoms with E-state index in [0.29, 0.717) is 18.5 Å². The lowest BCUT2D eigenvalue weighted by Gasteiger charge is -2.10. The zero-order chi connectivity index (χ0) is 21.7. The van der Waals surface area contributed by atoms with Gasteiger partial charge in [-0.25, -0.2) is 9.59 Å². The number of aromatic nitrogens is 2. The summed E-state index contributed by atoms with van der Waals surface area (Å²) in [4.78, 5) is 24.5. The maximum absolute atomic E-state index is 13.0. The molecule has 1 atom stereocenters. The van der Waals surface area contributed by atoms with E-state index < -0.39 is 5.97 Å². The fourth-order valence-corrected chi connectivity index (χ4v) is 3.52. The number of allylic oxidation sites excluding steroid dienone is 2. The molecule has 0 amide bonds. The van der Waals surface area contributed by atoms with Crippen LogP contribution in [0.15, 0.2) is 71.7 Å². The Bertz CT molecular complexity index is 1100. The number of nitrogens with zero attached hydrogens (tertiary/aromatic N) is 2. The Kier molecular flexibility index (Phi) is 6.72. The SMILES string of the molecule is C/C=C/Cc1cn(C(C)CC)c(=O)n1Cc1ccc(-c2ccccc2C(=O)O)cc1. The Balaban J connectivity index is 1.93. The van der Waals surface area contributed by atoms with Gasteiger partial charge in [0, 0.05) is 24.4 Å². The minimum Gasteiger partial charge on any atom is -0.478 e. The van der Waals surface area contributed by atoms with Crippen molar-refractivity contribution in [3.8, 4) is 11.1 Å². The Morgan fingerprint density at radius 1 is 1.13 bits per heavy atom. The highest BCUT2D eigenvalue weighted by Gasteiger charge is 2.15. The highest BCUT2D eigenvalue weighted by Crippen LogP contribution is 2.24. The van der Waals surface area contributed by atoms with Gasteiger partial charge in [-0.1, -0.05) is 61.5 Å². The van der Waals surface area contributed by atoms with Crippen molar-refractivity contribution in [1.82, 2.24) is 9.13 Å². The van der Waals surface area contributed by atoms with Crippen molar-refractivity contribution in [1.29, 1.82) is 0 Å². The molecule has 0 saturated carbocycles. The molecule has 0 radical (unpaired) electrons. The monoisotopic (exact) mass is 404 g/mol. The Labute approximate surface area is 176 Å². The maximum Gasteiger partial charge on any atom is 0.336 e. The smallest absolute Gasteiger partial charge is 0.336 e. The van der Waals surface area contributed by atoms with Crippen molar-refractivity contribution in [2.24, 2.45) is 0 Å². The van der Waals surface area contributed by atoms with Crippen LogP contribution < -0.4 is 5.69 Å². The number of hydrogen-bond donors (Lipinski definition) is 1. The summed E-state index contributed by atoms with van der Waals surface area (Å²) in [7, 11) is 0. The van der Waals surface area contributed by atoms with Crippen LogP contribution in [-0.2, 0) is 13.0 Å². The second-order valence-corrected chi connectivity index (χ2v) is 7.47. The van der Waals surface area contributed by atoms with Crippen LogP contribution in [0, 0.1) is 0 Å². The van der Waals surface area contributed by atoms with Crippen LogP contribution in [-0.4, -0.2) is 20.2 Å². The van der Waals surface area contributed by atoms with Crippen molar-refractivity contribution < 1.29 is 9.90 Å². The Morgan fingerprint density at radius 3 is 2.47 bits per heavy atom. The Morgan fingerprint density at radius 2 is 1.83 bits per heavy atom. The normalized spacial score (nSPS) is 12.4. The minimum atomic E-state index is -0.943. The first-order valence-electron chi connectivity index (χ1n) is 10.3. The lowest BCUT2D eigenvalue weighted by molar-refractivity contribution is 0.0697. The van der Waals surface area contributed by atoms with E-state index in [4.69, 9.17) is 0 Å². The average Bonchev–Trinajstić information content (AvgIpc) is 3.07. The summed E-state index contributed by atoms with van der Waals surface area (Å²) in [6.45, 7) is 6.59. The van der Waals surface area contributed by atoms with E-state index in [1.165, 1.54) is 0 Å². The first-order chi connectivity index (χ1) is 14.5. The molecular formula is C25H28N2O3. The van der Waals surface area contributed by atoms with Gasteiger partial charge in [-0.05, 0) is 43.0 Å². The van der Waals surface area contributed by atoms with E-state index in [0.717, 1.165) is 23.2 Å². The summed E-state index contributed by atoms with van der Waals surface area (Å²) in [6, 6.07) is 14.9. The van der Waals surface area contributed by atoms with E-state index in [9.17, 15) is 14.7 Å². The molecule has 0 fully saturated rings. The minimum absolute atomic E-state index is 0.00384. The summed E-state index contributed by atoms with van der Waals surface area (Å²) in [5.74, 6) is -0.943. The average molecular weight is 405 g/mol. The first-order valence-corrected chi connectivity index (χ1v) is 10.3. The van der Waals surface area contributed by atoms with Crippen LogP contribution in [0.25, 0.3) is 11.1 Å². The number of carbonyl (C=O) groups is 1. The number of rotatable bonds is 8.